The number of fused-ring (bicyclic) bond motifs is 2. The predicted octanol–water partition coefficient (Wildman–Crippen LogP) is 2.27. The van der Waals surface area contributed by atoms with Crippen LogP contribution in [0, 0.1) is 0 Å². The van der Waals surface area contributed by atoms with E-state index in [9.17, 15) is 9.59 Å². The minimum atomic E-state index is -0.0854. The van der Waals surface area contributed by atoms with Gasteiger partial charge >= 0.3 is 0 Å². The first-order valence-electron chi connectivity index (χ1n) is 9.80. The second kappa shape index (κ2) is 8.41. The molecule has 3 aromatic rings. The fraction of sp³-hybridized carbons (Fsp3) is 0.261. The monoisotopic (exact) mass is 388 g/mol. The third-order valence-corrected chi connectivity index (χ3v) is 5.33. The molecule has 2 heterocycles. The zero-order valence-electron chi connectivity index (χ0n) is 16.4. The molecule has 2 N–H and O–H groups in total. The van der Waals surface area contributed by atoms with Crippen LogP contribution in [0.4, 0.5) is 0 Å². The van der Waals surface area contributed by atoms with E-state index in [1.165, 1.54) is 0 Å². The number of pyridine rings is 1. The van der Waals surface area contributed by atoms with Crippen molar-refractivity contribution in [3.8, 4) is 0 Å². The van der Waals surface area contributed by atoms with E-state index in [-0.39, 0.29) is 18.4 Å². The molecule has 4 rings (SSSR count). The Hall–Kier alpha value is -3.25. The van der Waals surface area contributed by atoms with Gasteiger partial charge in [-0.1, -0.05) is 30.3 Å². The summed E-state index contributed by atoms with van der Waals surface area (Å²) in [5, 5.41) is 8.11. The topological polar surface area (TPSA) is 74.3 Å². The van der Waals surface area contributed by atoms with Gasteiger partial charge in [0.2, 0.25) is 5.91 Å². The highest BCUT2D eigenvalue weighted by atomic mass is 16.2. The molecular weight excluding hydrogens is 364 g/mol. The zero-order valence-corrected chi connectivity index (χ0v) is 16.4. The van der Waals surface area contributed by atoms with Gasteiger partial charge in [-0.05, 0) is 41.1 Å². The summed E-state index contributed by atoms with van der Waals surface area (Å²) in [7, 11) is 1.63. The second-order valence-corrected chi connectivity index (χ2v) is 7.25. The van der Waals surface area contributed by atoms with Gasteiger partial charge in [-0.25, -0.2) is 0 Å². The Labute approximate surface area is 169 Å². The number of aromatic nitrogens is 1. The zero-order chi connectivity index (χ0) is 20.2. The highest BCUT2D eigenvalue weighted by Crippen LogP contribution is 2.20. The van der Waals surface area contributed by atoms with Gasteiger partial charge in [-0.15, -0.1) is 0 Å². The molecule has 0 saturated heterocycles. The minimum Gasteiger partial charge on any atom is -0.355 e. The van der Waals surface area contributed by atoms with E-state index < -0.39 is 0 Å². The van der Waals surface area contributed by atoms with Crippen molar-refractivity contribution in [2.45, 2.75) is 19.5 Å². The average Bonchev–Trinajstić information content (AvgIpc) is 2.77. The van der Waals surface area contributed by atoms with Crippen LogP contribution in [0.3, 0.4) is 0 Å². The Balaban J connectivity index is 1.32. The number of nitrogens with zero attached hydrogens (tertiary/aromatic N) is 2. The Morgan fingerprint density at radius 3 is 2.72 bits per heavy atom. The molecular formula is C23H24N4O2. The lowest BCUT2D eigenvalue weighted by atomic mass is 9.97. The van der Waals surface area contributed by atoms with Gasteiger partial charge in [-0.3, -0.25) is 14.6 Å². The molecule has 0 spiro atoms. The van der Waals surface area contributed by atoms with Crippen molar-refractivity contribution >= 4 is 22.6 Å². The minimum absolute atomic E-state index is 0.0758. The first kappa shape index (κ1) is 19.1. The molecule has 0 aliphatic carbocycles. The molecule has 0 saturated carbocycles. The number of rotatable bonds is 5. The highest BCUT2D eigenvalue weighted by molar-refractivity contribution is 5.94. The SMILES string of the molecule is CNC(=O)c1ccc2c(c1)CCN(C(=O)CNCc1cc3ccccc3cn1)C2. The fourth-order valence-corrected chi connectivity index (χ4v) is 3.69. The van der Waals surface area contributed by atoms with Crippen molar-refractivity contribution in [3.05, 3.63) is 77.1 Å². The number of carbonyl (C=O) groups excluding carboxylic acids is 2. The Morgan fingerprint density at radius 1 is 1.07 bits per heavy atom. The van der Waals surface area contributed by atoms with Gasteiger partial charge in [0.25, 0.3) is 5.91 Å². The van der Waals surface area contributed by atoms with Crippen LogP contribution in [0.25, 0.3) is 10.8 Å². The molecule has 0 radical (unpaired) electrons. The van der Waals surface area contributed by atoms with Crippen molar-refractivity contribution in [2.75, 3.05) is 20.1 Å². The van der Waals surface area contributed by atoms with Crippen LogP contribution in [0.15, 0.2) is 54.7 Å². The first-order chi connectivity index (χ1) is 14.1. The van der Waals surface area contributed by atoms with Crippen molar-refractivity contribution in [1.29, 1.82) is 0 Å². The summed E-state index contributed by atoms with van der Waals surface area (Å²) >= 11 is 0. The van der Waals surface area contributed by atoms with Crippen molar-refractivity contribution in [1.82, 2.24) is 20.5 Å². The molecule has 6 heteroatoms. The lowest BCUT2D eigenvalue weighted by Gasteiger charge is -2.29. The van der Waals surface area contributed by atoms with Crippen LogP contribution >= 0.6 is 0 Å². The molecule has 2 aromatic carbocycles. The maximum atomic E-state index is 12.6. The van der Waals surface area contributed by atoms with Gasteiger partial charge in [-0.2, -0.15) is 0 Å². The normalized spacial score (nSPS) is 13.2. The van der Waals surface area contributed by atoms with Crippen LogP contribution in [-0.4, -0.2) is 41.8 Å². The van der Waals surface area contributed by atoms with E-state index in [1.54, 1.807) is 7.05 Å². The van der Waals surface area contributed by atoms with Gasteiger partial charge in [0.1, 0.15) is 0 Å². The van der Waals surface area contributed by atoms with Crippen LogP contribution in [0.5, 0.6) is 0 Å². The fourth-order valence-electron chi connectivity index (χ4n) is 3.69. The summed E-state index contributed by atoms with van der Waals surface area (Å²) in [5.74, 6) is -0.00961. The molecule has 1 aliphatic rings. The van der Waals surface area contributed by atoms with Gasteiger partial charge in [0.15, 0.2) is 0 Å². The standard InChI is InChI=1S/C23H24N4O2/c1-24-23(29)18-6-7-20-15-27(9-8-17(20)10-18)22(28)14-25-13-21-11-16-4-2-3-5-19(16)12-26-21/h2-7,10-12,25H,8-9,13-15H2,1H3,(H,24,29). The number of carbonyl (C=O) groups is 2. The van der Waals surface area contributed by atoms with Crippen LogP contribution < -0.4 is 10.6 Å². The van der Waals surface area contributed by atoms with E-state index in [2.05, 4.69) is 21.7 Å². The Morgan fingerprint density at radius 2 is 1.90 bits per heavy atom. The molecule has 0 bridgehead atoms. The number of amides is 2. The number of nitrogens with one attached hydrogen (secondary N) is 2. The summed E-state index contributed by atoms with van der Waals surface area (Å²) in [6, 6.07) is 15.8. The van der Waals surface area contributed by atoms with E-state index in [4.69, 9.17) is 0 Å². The smallest absolute Gasteiger partial charge is 0.251 e. The predicted molar refractivity (Wildman–Crippen MR) is 112 cm³/mol. The molecule has 29 heavy (non-hydrogen) atoms. The lowest BCUT2D eigenvalue weighted by Crippen LogP contribution is -2.41. The largest absolute Gasteiger partial charge is 0.355 e. The summed E-state index contributed by atoms with van der Waals surface area (Å²) < 4.78 is 0. The van der Waals surface area contributed by atoms with E-state index in [0.29, 0.717) is 25.2 Å². The average molecular weight is 388 g/mol. The third kappa shape index (κ3) is 4.27. The Kier molecular flexibility index (Phi) is 5.53. The Bertz CT molecular complexity index is 1060. The summed E-state index contributed by atoms with van der Waals surface area (Å²) in [6.07, 6.45) is 2.63. The number of benzene rings is 2. The summed E-state index contributed by atoms with van der Waals surface area (Å²) in [5.41, 5.74) is 3.83. The molecule has 6 nitrogen and oxygen atoms in total. The molecule has 0 unspecified atom stereocenters. The molecule has 1 aromatic heterocycles. The maximum Gasteiger partial charge on any atom is 0.251 e. The van der Waals surface area contributed by atoms with Crippen molar-refractivity contribution < 1.29 is 9.59 Å². The first-order valence-corrected chi connectivity index (χ1v) is 9.80. The van der Waals surface area contributed by atoms with Gasteiger partial charge in [0.05, 0.1) is 12.2 Å². The van der Waals surface area contributed by atoms with E-state index >= 15 is 0 Å². The summed E-state index contributed by atoms with van der Waals surface area (Å²) in [6.45, 7) is 2.08. The quantitative estimate of drug-likeness (QED) is 0.703. The van der Waals surface area contributed by atoms with Crippen molar-refractivity contribution in [3.63, 3.8) is 0 Å². The molecule has 1 aliphatic heterocycles. The van der Waals surface area contributed by atoms with E-state index in [1.807, 2.05) is 53.6 Å². The highest BCUT2D eigenvalue weighted by Gasteiger charge is 2.21. The van der Waals surface area contributed by atoms with Crippen LogP contribution in [0.2, 0.25) is 0 Å². The molecule has 0 fully saturated rings. The van der Waals surface area contributed by atoms with Crippen LogP contribution in [0.1, 0.15) is 27.2 Å². The van der Waals surface area contributed by atoms with Crippen LogP contribution in [-0.2, 0) is 24.3 Å². The van der Waals surface area contributed by atoms with Gasteiger partial charge < -0.3 is 15.5 Å². The third-order valence-electron chi connectivity index (χ3n) is 5.33. The van der Waals surface area contributed by atoms with Gasteiger partial charge in [0, 0.05) is 43.8 Å². The lowest BCUT2D eigenvalue weighted by molar-refractivity contribution is -0.131. The van der Waals surface area contributed by atoms with Crippen molar-refractivity contribution in [2.24, 2.45) is 0 Å². The molecule has 148 valence electrons. The molecule has 0 atom stereocenters. The summed E-state index contributed by atoms with van der Waals surface area (Å²) in [4.78, 5) is 30.7. The van der Waals surface area contributed by atoms with E-state index in [0.717, 1.165) is 34.0 Å². The maximum absolute atomic E-state index is 12.6. The second-order valence-electron chi connectivity index (χ2n) is 7.25. The number of hydrogen-bond donors (Lipinski definition) is 2. The molecule has 2 amide bonds. The number of hydrogen-bond acceptors (Lipinski definition) is 4.